The molecular weight excluding hydrogens is 673 g/mol. The Morgan fingerprint density at radius 1 is 1.06 bits per heavy atom. The van der Waals surface area contributed by atoms with E-state index in [1.165, 1.54) is 11.1 Å². The van der Waals surface area contributed by atoms with E-state index in [4.69, 9.17) is 14.2 Å². The van der Waals surface area contributed by atoms with Crippen LogP contribution in [0.1, 0.15) is 68.5 Å². The van der Waals surface area contributed by atoms with Crippen LogP contribution in [0, 0.1) is 12.3 Å². The van der Waals surface area contributed by atoms with Gasteiger partial charge in [-0.2, -0.15) is 0 Å². The Hall–Kier alpha value is -3.77. The molecule has 1 aromatic heterocycles. The summed E-state index contributed by atoms with van der Waals surface area (Å²) in [5.74, 6) is 0.336. The molecule has 0 aliphatic heterocycles. The Labute approximate surface area is 298 Å². The summed E-state index contributed by atoms with van der Waals surface area (Å²) >= 11 is 0. The van der Waals surface area contributed by atoms with Crippen LogP contribution in [0.4, 0.5) is 0 Å². The molecular formula is C39H48N2O7S2. The monoisotopic (exact) mass is 720 g/mol. The molecule has 1 aliphatic rings. The van der Waals surface area contributed by atoms with Gasteiger partial charge in [0.1, 0.15) is 16.7 Å². The molecule has 0 radical (unpaired) electrons. The number of rotatable bonds is 14. The summed E-state index contributed by atoms with van der Waals surface area (Å²) in [4.78, 5) is 14.4. The van der Waals surface area contributed by atoms with Crippen LogP contribution in [0.25, 0.3) is 10.9 Å². The number of carbonyl (C=O) groups is 1. The van der Waals surface area contributed by atoms with E-state index in [2.05, 4.69) is 6.58 Å². The number of hydrogen-bond donors (Lipinski definition) is 0. The van der Waals surface area contributed by atoms with E-state index in [0.29, 0.717) is 48.2 Å². The van der Waals surface area contributed by atoms with Gasteiger partial charge in [0.05, 0.1) is 47.4 Å². The highest BCUT2D eigenvalue weighted by Crippen LogP contribution is 2.55. The Morgan fingerprint density at radius 2 is 1.74 bits per heavy atom. The maximum absolute atomic E-state index is 14.5. The van der Waals surface area contributed by atoms with Crippen molar-refractivity contribution in [3.63, 3.8) is 0 Å². The van der Waals surface area contributed by atoms with Crippen molar-refractivity contribution < 1.29 is 31.6 Å². The molecule has 0 saturated carbocycles. The number of hydrogen-bond acceptors (Lipinski definition) is 7. The highest BCUT2D eigenvalue weighted by molar-refractivity contribution is 7.90. The number of esters is 1. The van der Waals surface area contributed by atoms with Crippen LogP contribution in [0.2, 0.25) is 0 Å². The van der Waals surface area contributed by atoms with Gasteiger partial charge in [0.15, 0.2) is 0 Å². The second kappa shape index (κ2) is 15.2. The molecule has 1 aliphatic carbocycles. The SMILES string of the molecule is C=CCN([C@@H]1c2c(n(S(=O)(=O)c3ccc(C)cc3)c3ccccc23)CC[C@]1(CCCOCc1ccc(OC)cc1)C(=O)OC)[S@@](=O)C(C)(C)C. The van der Waals surface area contributed by atoms with Crippen LogP contribution in [-0.4, -0.2) is 59.0 Å². The van der Waals surface area contributed by atoms with Gasteiger partial charge in [-0.05, 0) is 89.3 Å². The summed E-state index contributed by atoms with van der Waals surface area (Å²) in [5, 5.41) is 0.687. The van der Waals surface area contributed by atoms with Crippen molar-refractivity contribution in [2.24, 2.45) is 5.41 Å². The molecule has 0 fully saturated rings. The predicted octanol–water partition coefficient (Wildman–Crippen LogP) is 7.29. The van der Waals surface area contributed by atoms with E-state index in [0.717, 1.165) is 16.9 Å². The van der Waals surface area contributed by atoms with Gasteiger partial charge < -0.3 is 14.2 Å². The van der Waals surface area contributed by atoms with E-state index in [-0.39, 0.29) is 24.3 Å². The Bertz CT molecular complexity index is 1960. The number of carbonyl (C=O) groups excluding carboxylic acids is 1. The molecule has 0 N–H and O–H groups in total. The summed E-state index contributed by atoms with van der Waals surface area (Å²) in [6.45, 7) is 12.5. The molecule has 3 aromatic carbocycles. The fourth-order valence-electron chi connectivity index (χ4n) is 7.02. The molecule has 0 unspecified atom stereocenters. The number of aromatic nitrogens is 1. The van der Waals surface area contributed by atoms with Crippen LogP contribution in [0.3, 0.4) is 0 Å². The molecule has 11 heteroatoms. The Kier molecular flexibility index (Phi) is 11.4. The minimum atomic E-state index is -4.05. The van der Waals surface area contributed by atoms with Gasteiger partial charge in [-0.3, -0.25) is 4.79 Å². The van der Waals surface area contributed by atoms with E-state index in [1.807, 2.05) is 74.5 Å². The molecule has 0 amide bonds. The van der Waals surface area contributed by atoms with Gasteiger partial charge >= 0.3 is 5.97 Å². The smallest absolute Gasteiger partial charge is 0.313 e. The number of benzene rings is 3. The van der Waals surface area contributed by atoms with Crippen LogP contribution >= 0.6 is 0 Å². The third kappa shape index (κ3) is 7.19. The average Bonchev–Trinajstić information content (AvgIpc) is 3.45. The summed E-state index contributed by atoms with van der Waals surface area (Å²) in [5.41, 5.74) is 2.53. The van der Waals surface area contributed by atoms with E-state index < -0.39 is 43.2 Å². The number of methoxy groups -OCH3 is 2. The molecule has 1 heterocycles. The second-order valence-corrected chi connectivity index (χ2v) is 17.7. The van der Waals surface area contributed by atoms with Gasteiger partial charge in [0.25, 0.3) is 10.0 Å². The van der Waals surface area contributed by atoms with E-state index >= 15 is 0 Å². The lowest BCUT2D eigenvalue weighted by molar-refractivity contribution is -0.158. The molecule has 50 heavy (non-hydrogen) atoms. The number of para-hydroxylation sites is 1. The predicted molar refractivity (Wildman–Crippen MR) is 198 cm³/mol. The Balaban J connectivity index is 1.65. The normalized spacial score (nSPS) is 18.5. The van der Waals surface area contributed by atoms with Crippen LogP contribution in [0.15, 0.2) is 90.3 Å². The second-order valence-electron chi connectivity index (χ2n) is 13.8. The van der Waals surface area contributed by atoms with Crippen molar-refractivity contribution >= 4 is 37.9 Å². The van der Waals surface area contributed by atoms with Gasteiger partial charge in [0, 0.05) is 29.8 Å². The first-order chi connectivity index (χ1) is 23.8. The average molecular weight is 721 g/mol. The zero-order valence-electron chi connectivity index (χ0n) is 29.8. The first kappa shape index (κ1) is 37.5. The summed E-state index contributed by atoms with van der Waals surface area (Å²) < 4.78 is 62.9. The topological polar surface area (TPSA) is 104 Å². The minimum Gasteiger partial charge on any atom is -0.497 e. The summed E-state index contributed by atoms with van der Waals surface area (Å²) in [7, 11) is -2.67. The number of aryl methyl sites for hydroxylation is 1. The van der Waals surface area contributed by atoms with Crippen LogP contribution < -0.4 is 4.74 Å². The standard InChI is InChI=1S/C39H48N2O7S2/c1-8-25-40(49(43)38(3,4)5)36-35-32-12-9-10-13-33(32)41(50(44,45)31-20-14-28(2)15-21-31)34(35)22-24-39(36,37(42)47-7)23-11-26-48-27-29-16-18-30(46-6)19-17-29/h8-10,12-21,36H,1,11,22-27H2,2-7H3/t36-,39+,49+/m1/s1. The molecule has 4 aromatic rings. The number of fused-ring (bicyclic) bond motifs is 3. The number of nitrogens with zero attached hydrogens (tertiary/aromatic N) is 2. The molecule has 0 saturated heterocycles. The fraction of sp³-hybridized carbons (Fsp3) is 0.410. The van der Waals surface area contributed by atoms with Crippen LogP contribution in [0.5, 0.6) is 5.75 Å². The lowest BCUT2D eigenvalue weighted by Crippen LogP contribution is -2.52. The first-order valence-corrected chi connectivity index (χ1v) is 19.4. The van der Waals surface area contributed by atoms with Crippen molar-refractivity contribution in [3.8, 4) is 5.75 Å². The van der Waals surface area contributed by atoms with E-state index in [1.54, 1.807) is 43.5 Å². The van der Waals surface area contributed by atoms with Crippen LogP contribution in [-0.2, 0) is 48.3 Å². The minimum absolute atomic E-state index is 0.170. The Morgan fingerprint density at radius 3 is 2.36 bits per heavy atom. The largest absolute Gasteiger partial charge is 0.497 e. The van der Waals surface area contributed by atoms with Gasteiger partial charge in [-0.25, -0.2) is 20.9 Å². The van der Waals surface area contributed by atoms with Crippen molar-refractivity contribution in [2.75, 3.05) is 27.4 Å². The van der Waals surface area contributed by atoms with Crippen molar-refractivity contribution in [1.82, 2.24) is 8.28 Å². The van der Waals surface area contributed by atoms with Crippen molar-refractivity contribution in [2.45, 2.75) is 75.7 Å². The third-order valence-electron chi connectivity index (χ3n) is 9.40. The highest BCUT2D eigenvalue weighted by atomic mass is 32.2. The lowest BCUT2D eigenvalue weighted by Gasteiger charge is -2.48. The molecule has 0 bridgehead atoms. The quantitative estimate of drug-likeness (QED) is 0.0766. The zero-order valence-corrected chi connectivity index (χ0v) is 31.4. The maximum Gasteiger partial charge on any atom is 0.313 e. The lowest BCUT2D eigenvalue weighted by atomic mass is 9.66. The first-order valence-electron chi connectivity index (χ1n) is 16.8. The molecule has 9 nitrogen and oxygen atoms in total. The highest BCUT2D eigenvalue weighted by Gasteiger charge is 2.55. The molecule has 5 rings (SSSR count). The van der Waals surface area contributed by atoms with Gasteiger partial charge in [-0.15, -0.1) is 6.58 Å². The van der Waals surface area contributed by atoms with Crippen molar-refractivity contribution in [3.05, 3.63) is 108 Å². The third-order valence-corrected chi connectivity index (χ3v) is 13.0. The molecule has 0 spiro atoms. The van der Waals surface area contributed by atoms with E-state index in [9.17, 15) is 17.4 Å². The summed E-state index contributed by atoms with van der Waals surface area (Å²) in [6, 6.07) is 21.0. The van der Waals surface area contributed by atoms with Crippen molar-refractivity contribution in [1.29, 1.82) is 0 Å². The summed E-state index contributed by atoms with van der Waals surface area (Å²) in [6.07, 6.45) is 3.13. The maximum atomic E-state index is 14.5. The van der Waals surface area contributed by atoms with Gasteiger partial charge in [-0.1, -0.05) is 54.1 Å². The molecule has 3 atom stereocenters. The van der Waals surface area contributed by atoms with Gasteiger partial charge in [0.2, 0.25) is 0 Å². The fourth-order valence-corrected chi connectivity index (χ4v) is 10.1. The zero-order chi connectivity index (χ0) is 36.3. The number of ether oxygens (including phenoxy) is 3. The molecule has 268 valence electrons.